The molecule has 0 aliphatic carbocycles. The fourth-order valence-corrected chi connectivity index (χ4v) is 3.66. The van der Waals surface area contributed by atoms with E-state index in [1.165, 1.54) is 22.0 Å². The lowest BCUT2D eigenvalue weighted by Crippen LogP contribution is -2.14. The van der Waals surface area contributed by atoms with Crippen LogP contribution in [0.2, 0.25) is 5.02 Å². The van der Waals surface area contributed by atoms with Crippen LogP contribution in [0.1, 0.15) is 31.7 Å². The average molecular weight is 328 g/mol. The molecule has 0 fully saturated rings. The highest BCUT2D eigenvalue weighted by atomic mass is 35.5. The Labute approximate surface area is 133 Å². The highest BCUT2D eigenvalue weighted by Gasteiger charge is 2.09. The van der Waals surface area contributed by atoms with E-state index in [2.05, 4.69) is 34.6 Å². The summed E-state index contributed by atoms with van der Waals surface area (Å²) in [5.74, 6) is 0.914. The van der Waals surface area contributed by atoms with Crippen molar-refractivity contribution < 1.29 is 0 Å². The molecule has 0 aliphatic heterocycles. The first-order valence-electron chi connectivity index (χ1n) is 6.72. The Bertz CT molecular complexity index is 557. The molecular weight excluding hydrogens is 310 g/mol. The number of nitrogens with zero attached hydrogens (tertiary/aromatic N) is 2. The van der Waals surface area contributed by atoms with Gasteiger partial charge < -0.3 is 5.32 Å². The lowest BCUT2D eigenvalue weighted by Gasteiger charge is -2.09. The van der Waals surface area contributed by atoms with Crippen LogP contribution in [0.3, 0.4) is 0 Å². The first-order valence-corrected chi connectivity index (χ1v) is 8.69. The molecular formula is C14H18ClN3S2. The second-order valence-electron chi connectivity index (χ2n) is 4.36. The number of hydrogen-bond acceptors (Lipinski definition) is 5. The predicted molar refractivity (Wildman–Crippen MR) is 86.9 cm³/mol. The molecule has 3 nitrogen and oxygen atoms in total. The standard InChI is InChI=1S/C14H18ClN3S2/c1-3-7-16-9-10-8-11(15)5-6-12(10)19-14-17-13(4-2)18-20-14/h5-6,8,16H,3-4,7,9H2,1-2H3. The zero-order chi connectivity index (χ0) is 14.4. The molecule has 0 atom stereocenters. The number of halogens is 1. The van der Waals surface area contributed by atoms with Gasteiger partial charge in [-0.3, -0.25) is 0 Å². The third kappa shape index (κ3) is 4.45. The molecule has 108 valence electrons. The van der Waals surface area contributed by atoms with Gasteiger partial charge in [0.15, 0.2) is 4.34 Å². The van der Waals surface area contributed by atoms with Gasteiger partial charge in [-0.25, -0.2) is 4.98 Å². The molecule has 1 aromatic heterocycles. The molecule has 2 aromatic rings. The largest absolute Gasteiger partial charge is 0.313 e. The van der Waals surface area contributed by atoms with Gasteiger partial charge in [0.05, 0.1) is 0 Å². The molecule has 2 rings (SSSR count). The molecule has 20 heavy (non-hydrogen) atoms. The zero-order valence-corrected chi connectivity index (χ0v) is 14.0. The Kier molecular flexibility index (Phi) is 6.29. The Morgan fingerprint density at radius 2 is 2.20 bits per heavy atom. The van der Waals surface area contributed by atoms with Gasteiger partial charge in [0.25, 0.3) is 0 Å². The van der Waals surface area contributed by atoms with Crippen LogP contribution in [0.25, 0.3) is 0 Å². The maximum Gasteiger partial charge on any atom is 0.174 e. The monoisotopic (exact) mass is 327 g/mol. The molecule has 0 radical (unpaired) electrons. The van der Waals surface area contributed by atoms with Gasteiger partial charge in [0.1, 0.15) is 5.82 Å². The molecule has 0 bridgehead atoms. The van der Waals surface area contributed by atoms with Crippen LogP contribution < -0.4 is 5.32 Å². The maximum absolute atomic E-state index is 6.10. The van der Waals surface area contributed by atoms with Crippen LogP contribution in [0.5, 0.6) is 0 Å². The van der Waals surface area contributed by atoms with Crippen molar-refractivity contribution >= 4 is 34.9 Å². The summed E-state index contributed by atoms with van der Waals surface area (Å²) < 4.78 is 5.31. The van der Waals surface area contributed by atoms with E-state index < -0.39 is 0 Å². The number of benzene rings is 1. The van der Waals surface area contributed by atoms with Crippen LogP contribution in [-0.4, -0.2) is 15.9 Å². The fourth-order valence-electron chi connectivity index (χ4n) is 1.70. The Morgan fingerprint density at radius 3 is 2.90 bits per heavy atom. The van der Waals surface area contributed by atoms with Crippen molar-refractivity contribution in [3.8, 4) is 0 Å². The number of nitrogens with one attached hydrogen (secondary N) is 1. The first kappa shape index (κ1) is 15.8. The van der Waals surface area contributed by atoms with E-state index in [4.69, 9.17) is 11.6 Å². The fraction of sp³-hybridized carbons (Fsp3) is 0.429. The predicted octanol–water partition coefficient (Wildman–Crippen LogP) is 4.40. The molecule has 0 spiro atoms. The lowest BCUT2D eigenvalue weighted by atomic mass is 10.2. The van der Waals surface area contributed by atoms with Crippen molar-refractivity contribution in [2.24, 2.45) is 0 Å². The van der Waals surface area contributed by atoms with Crippen molar-refractivity contribution in [1.82, 2.24) is 14.7 Å². The molecule has 0 aliphatic rings. The summed E-state index contributed by atoms with van der Waals surface area (Å²) in [6.45, 7) is 6.07. The third-order valence-electron chi connectivity index (χ3n) is 2.73. The Morgan fingerprint density at radius 1 is 1.35 bits per heavy atom. The number of hydrogen-bond donors (Lipinski definition) is 1. The van der Waals surface area contributed by atoms with Crippen molar-refractivity contribution in [3.05, 3.63) is 34.6 Å². The smallest absolute Gasteiger partial charge is 0.174 e. The SMILES string of the molecule is CCCNCc1cc(Cl)ccc1Sc1nc(CC)ns1. The molecule has 0 unspecified atom stereocenters. The van der Waals surface area contributed by atoms with Gasteiger partial charge in [-0.2, -0.15) is 4.37 Å². The highest BCUT2D eigenvalue weighted by molar-refractivity contribution is 8.01. The van der Waals surface area contributed by atoms with Crippen LogP contribution in [0.15, 0.2) is 27.4 Å². The molecule has 1 aromatic carbocycles. The zero-order valence-electron chi connectivity index (χ0n) is 11.6. The topological polar surface area (TPSA) is 37.8 Å². The number of rotatable bonds is 7. The van der Waals surface area contributed by atoms with Crippen LogP contribution in [0.4, 0.5) is 0 Å². The number of aryl methyl sites for hydroxylation is 1. The minimum Gasteiger partial charge on any atom is -0.313 e. The van der Waals surface area contributed by atoms with Crippen molar-refractivity contribution in [2.75, 3.05) is 6.54 Å². The highest BCUT2D eigenvalue weighted by Crippen LogP contribution is 2.33. The third-order valence-corrected chi connectivity index (χ3v) is 4.87. The average Bonchev–Trinajstić information content (AvgIpc) is 2.90. The second kappa shape index (κ2) is 7.98. The normalized spacial score (nSPS) is 10.9. The van der Waals surface area contributed by atoms with E-state index in [1.807, 2.05) is 12.1 Å². The van der Waals surface area contributed by atoms with E-state index in [9.17, 15) is 0 Å². The van der Waals surface area contributed by atoms with E-state index in [0.29, 0.717) is 0 Å². The molecule has 1 heterocycles. The van der Waals surface area contributed by atoms with E-state index in [-0.39, 0.29) is 0 Å². The van der Waals surface area contributed by atoms with Crippen molar-refractivity contribution in [2.45, 2.75) is 42.5 Å². The summed E-state index contributed by atoms with van der Waals surface area (Å²) in [4.78, 5) is 5.69. The molecule has 1 N–H and O–H groups in total. The van der Waals surface area contributed by atoms with Gasteiger partial charge in [0, 0.05) is 22.9 Å². The van der Waals surface area contributed by atoms with Gasteiger partial charge >= 0.3 is 0 Å². The van der Waals surface area contributed by atoms with Gasteiger partial charge in [-0.1, -0.05) is 37.2 Å². The maximum atomic E-state index is 6.10. The van der Waals surface area contributed by atoms with Gasteiger partial charge in [-0.15, -0.1) is 0 Å². The van der Waals surface area contributed by atoms with Crippen LogP contribution in [0, 0.1) is 0 Å². The summed E-state index contributed by atoms with van der Waals surface area (Å²) >= 11 is 9.22. The van der Waals surface area contributed by atoms with E-state index in [1.54, 1.807) is 11.8 Å². The van der Waals surface area contributed by atoms with Crippen molar-refractivity contribution in [1.29, 1.82) is 0 Å². The van der Waals surface area contributed by atoms with Gasteiger partial charge in [0.2, 0.25) is 0 Å². The summed E-state index contributed by atoms with van der Waals surface area (Å²) in [6.07, 6.45) is 2.00. The van der Waals surface area contributed by atoms with E-state index >= 15 is 0 Å². The number of aromatic nitrogens is 2. The first-order chi connectivity index (χ1) is 9.72. The molecule has 0 amide bonds. The van der Waals surface area contributed by atoms with Gasteiger partial charge in [-0.05, 0) is 48.3 Å². The van der Waals surface area contributed by atoms with Crippen LogP contribution in [-0.2, 0) is 13.0 Å². The van der Waals surface area contributed by atoms with Crippen molar-refractivity contribution in [3.63, 3.8) is 0 Å². The minimum atomic E-state index is 0.772. The van der Waals surface area contributed by atoms with E-state index in [0.717, 1.165) is 41.1 Å². The quantitative estimate of drug-likeness (QED) is 0.765. The Hall–Kier alpha value is -0.620. The molecule has 6 heteroatoms. The molecule has 0 saturated carbocycles. The summed E-state index contributed by atoms with van der Waals surface area (Å²) in [6, 6.07) is 6.01. The summed E-state index contributed by atoms with van der Waals surface area (Å²) in [7, 11) is 0. The summed E-state index contributed by atoms with van der Waals surface area (Å²) in [5, 5.41) is 4.19. The molecule has 0 saturated heterocycles. The minimum absolute atomic E-state index is 0.772. The van der Waals surface area contributed by atoms with Crippen LogP contribution >= 0.6 is 34.9 Å². The second-order valence-corrected chi connectivity index (χ2v) is 6.84. The lowest BCUT2D eigenvalue weighted by molar-refractivity contribution is 0.669. The Balaban J connectivity index is 2.12. The summed E-state index contributed by atoms with van der Waals surface area (Å²) in [5.41, 5.74) is 1.21.